The van der Waals surface area contributed by atoms with Crippen LogP contribution in [0.15, 0.2) is 0 Å². The van der Waals surface area contributed by atoms with Crippen molar-refractivity contribution in [3.8, 4) is 0 Å². The van der Waals surface area contributed by atoms with Gasteiger partial charge in [0.25, 0.3) is 0 Å². The van der Waals surface area contributed by atoms with Gasteiger partial charge in [-0.25, -0.2) is 0 Å². The first-order chi connectivity index (χ1) is 8.86. The zero-order valence-corrected chi connectivity index (χ0v) is 13.8. The van der Waals surface area contributed by atoms with E-state index in [1.807, 2.05) is 20.8 Å². The Morgan fingerprint density at radius 3 is 1.90 bits per heavy atom. The molecule has 0 aliphatic carbocycles. The molecule has 0 aliphatic heterocycles. The van der Waals surface area contributed by atoms with E-state index in [2.05, 4.69) is 10.6 Å². The Morgan fingerprint density at radius 2 is 1.55 bits per heavy atom. The summed E-state index contributed by atoms with van der Waals surface area (Å²) in [7, 11) is 0. The second kappa shape index (κ2) is 7.07. The average molecular weight is 286 g/mol. The van der Waals surface area contributed by atoms with Crippen LogP contribution in [0.3, 0.4) is 0 Å². The van der Waals surface area contributed by atoms with E-state index in [-0.39, 0.29) is 29.9 Å². The highest BCUT2D eigenvalue weighted by atomic mass is 16.3. The standard InChI is InChI=1S/C15H30N2O3/c1-10(16-13(20)15(5,6)7)12(19)17-11(9-18)8-14(2,3)4/h10-11,18H,8-9H2,1-7H3,(H,16,20)(H,17,19). The lowest BCUT2D eigenvalue weighted by Gasteiger charge is -2.27. The van der Waals surface area contributed by atoms with Gasteiger partial charge < -0.3 is 15.7 Å². The predicted molar refractivity (Wildman–Crippen MR) is 80.1 cm³/mol. The number of hydrogen-bond acceptors (Lipinski definition) is 3. The molecule has 0 saturated heterocycles. The summed E-state index contributed by atoms with van der Waals surface area (Å²) in [5.41, 5.74) is -0.519. The molecular formula is C15H30N2O3. The van der Waals surface area contributed by atoms with Crippen molar-refractivity contribution in [2.24, 2.45) is 10.8 Å². The number of carbonyl (C=O) groups is 2. The lowest BCUT2D eigenvalue weighted by molar-refractivity contribution is -0.133. The molecule has 0 heterocycles. The molecule has 0 aromatic heterocycles. The monoisotopic (exact) mass is 286 g/mol. The van der Waals surface area contributed by atoms with E-state index in [0.717, 1.165) is 0 Å². The third-order valence-electron chi connectivity index (χ3n) is 2.85. The van der Waals surface area contributed by atoms with Crippen LogP contribution in [-0.2, 0) is 9.59 Å². The zero-order valence-electron chi connectivity index (χ0n) is 13.8. The molecule has 0 rings (SSSR count). The molecule has 3 N–H and O–H groups in total. The summed E-state index contributed by atoms with van der Waals surface area (Å²) in [6.45, 7) is 13.1. The summed E-state index contributed by atoms with van der Waals surface area (Å²) in [6.07, 6.45) is 0.676. The fourth-order valence-electron chi connectivity index (χ4n) is 1.71. The van der Waals surface area contributed by atoms with Crippen molar-refractivity contribution in [2.75, 3.05) is 6.61 Å². The molecule has 0 spiro atoms. The minimum Gasteiger partial charge on any atom is -0.394 e. The van der Waals surface area contributed by atoms with Crippen molar-refractivity contribution in [3.05, 3.63) is 0 Å². The molecule has 0 aromatic rings. The zero-order chi connectivity index (χ0) is 16.1. The minimum absolute atomic E-state index is 0.0125. The first kappa shape index (κ1) is 18.9. The molecule has 0 bridgehead atoms. The molecule has 2 unspecified atom stereocenters. The van der Waals surface area contributed by atoms with Crippen molar-refractivity contribution in [1.82, 2.24) is 10.6 Å². The van der Waals surface area contributed by atoms with E-state index in [0.29, 0.717) is 6.42 Å². The molecule has 2 amide bonds. The number of aliphatic hydroxyl groups is 1. The molecular weight excluding hydrogens is 256 g/mol. The third kappa shape index (κ3) is 7.48. The SMILES string of the molecule is CC(NC(=O)C(C)(C)C)C(=O)NC(CO)CC(C)(C)C. The highest BCUT2D eigenvalue weighted by molar-refractivity contribution is 5.89. The number of aliphatic hydroxyl groups excluding tert-OH is 1. The Labute approximate surface area is 122 Å². The van der Waals surface area contributed by atoms with Crippen LogP contribution in [-0.4, -0.2) is 35.6 Å². The quantitative estimate of drug-likeness (QED) is 0.716. The van der Waals surface area contributed by atoms with E-state index in [1.54, 1.807) is 27.7 Å². The lowest BCUT2D eigenvalue weighted by Crippen LogP contribution is -2.51. The molecule has 118 valence electrons. The average Bonchev–Trinajstić information content (AvgIpc) is 2.24. The van der Waals surface area contributed by atoms with E-state index in [1.165, 1.54) is 0 Å². The number of amides is 2. The van der Waals surface area contributed by atoms with Crippen LogP contribution >= 0.6 is 0 Å². The van der Waals surface area contributed by atoms with E-state index in [9.17, 15) is 14.7 Å². The summed E-state index contributed by atoms with van der Waals surface area (Å²) in [6, 6.07) is -0.910. The van der Waals surface area contributed by atoms with Crippen LogP contribution in [0.1, 0.15) is 54.9 Å². The Balaban J connectivity index is 4.48. The maximum Gasteiger partial charge on any atom is 0.242 e. The largest absolute Gasteiger partial charge is 0.394 e. The number of nitrogens with one attached hydrogen (secondary N) is 2. The molecule has 0 aliphatic rings. The van der Waals surface area contributed by atoms with E-state index in [4.69, 9.17) is 0 Å². The van der Waals surface area contributed by atoms with Crippen molar-refractivity contribution >= 4 is 11.8 Å². The molecule has 5 nitrogen and oxygen atoms in total. The van der Waals surface area contributed by atoms with Crippen LogP contribution < -0.4 is 10.6 Å². The second-order valence-electron chi connectivity index (χ2n) is 7.60. The molecule has 5 heteroatoms. The summed E-state index contributed by atoms with van der Waals surface area (Å²) < 4.78 is 0. The first-order valence-corrected chi connectivity index (χ1v) is 7.09. The van der Waals surface area contributed by atoms with Gasteiger partial charge in [0, 0.05) is 5.41 Å². The van der Waals surface area contributed by atoms with Gasteiger partial charge in [-0.2, -0.15) is 0 Å². The van der Waals surface area contributed by atoms with Gasteiger partial charge in [-0.3, -0.25) is 9.59 Å². The second-order valence-corrected chi connectivity index (χ2v) is 7.60. The molecule has 0 radical (unpaired) electrons. The highest BCUT2D eigenvalue weighted by Gasteiger charge is 2.27. The molecule has 2 atom stereocenters. The van der Waals surface area contributed by atoms with Crippen LogP contribution in [0, 0.1) is 10.8 Å². The Hall–Kier alpha value is -1.10. The summed E-state index contributed by atoms with van der Waals surface area (Å²) >= 11 is 0. The number of carbonyl (C=O) groups excluding carboxylic acids is 2. The van der Waals surface area contributed by atoms with Gasteiger partial charge in [0.1, 0.15) is 6.04 Å². The molecule has 20 heavy (non-hydrogen) atoms. The minimum atomic E-state index is -0.615. The topological polar surface area (TPSA) is 78.4 Å². The fourth-order valence-corrected chi connectivity index (χ4v) is 1.71. The van der Waals surface area contributed by atoms with E-state index < -0.39 is 11.5 Å². The van der Waals surface area contributed by atoms with Crippen LogP contribution in [0.4, 0.5) is 0 Å². The molecule has 0 aromatic carbocycles. The van der Waals surface area contributed by atoms with Gasteiger partial charge in [0.2, 0.25) is 11.8 Å². The van der Waals surface area contributed by atoms with Gasteiger partial charge in [0.05, 0.1) is 12.6 Å². The highest BCUT2D eigenvalue weighted by Crippen LogP contribution is 2.20. The number of hydrogen-bond donors (Lipinski definition) is 3. The number of rotatable bonds is 5. The van der Waals surface area contributed by atoms with Crippen LogP contribution in [0.25, 0.3) is 0 Å². The summed E-state index contributed by atoms with van der Waals surface area (Å²) in [5, 5.41) is 14.8. The normalized spacial score (nSPS) is 15.4. The van der Waals surface area contributed by atoms with Gasteiger partial charge in [-0.05, 0) is 18.8 Å². The maximum absolute atomic E-state index is 12.0. The van der Waals surface area contributed by atoms with Crippen molar-refractivity contribution in [1.29, 1.82) is 0 Å². The molecule has 0 fully saturated rings. The third-order valence-corrected chi connectivity index (χ3v) is 2.85. The summed E-state index contributed by atoms with van der Waals surface area (Å²) in [5.74, 6) is -0.442. The lowest BCUT2D eigenvalue weighted by atomic mass is 9.88. The van der Waals surface area contributed by atoms with Crippen molar-refractivity contribution < 1.29 is 14.7 Å². The fraction of sp³-hybridized carbons (Fsp3) is 0.867. The predicted octanol–water partition coefficient (Wildman–Crippen LogP) is 1.45. The molecule has 0 saturated carbocycles. The van der Waals surface area contributed by atoms with Gasteiger partial charge >= 0.3 is 0 Å². The van der Waals surface area contributed by atoms with Crippen LogP contribution in [0.2, 0.25) is 0 Å². The van der Waals surface area contributed by atoms with Crippen LogP contribution in [0.5, 0.6) is 0 Å². The van der Waals surface area contributed by atoms with Crippen molar-refractivity contribution in [3.63, 3.8) is 0 Å². The summed E-state index contributed by atoms with van der Waals surface area (Å²) in [4.78, 5) is 23.8. The Morgan fingerprint density at radius 1 is 1.05 bits per heavy atom. The van der Waals surface area contributed by atoms with Gasteiger partial charge in [-0.15, -0.1) is 0 Å². The first-order valence-electron chi connectivity index (χ1n) is 7.09. The maximum atomic E-state index is 12.0. The Bertz CT molecular complexity index is 340. The smallest absolute Gasteiger partial charge is 0.242 e. The Kier molecular flexibility index (Phi) is 6.68. The van der Waals surface area contributed by atoms with E-state index >= 15 is 0 Å². The van der Waals surface area contributed by atoms with Gasteiger partial charge in [0.15, 0.2) is 0 Å². The van der Waals surface area contributed by atoms with Gasteiger partial charge in [-0.1, -0.05) is 41.5 Å². The van der Waals surface area contributed by atoms with Crippen molar-refractivity contribution in [2.45, 2.75) is 67.0 Å².